The van der Waals surface area contributed by atoms with Gasteiger partial charge in [-0.25, -0.2) is 19.2 Å². The van der Waals surface area contributed by atoms with Gasteiger partial charge < -0.3 is 4.90 Å². The number of carbonyl (C=O) groups excluding carboxylic acids is 1. The number of nitrogens with zero attached hydrogens (tertiary/aromatic N) is 6. The summed E-state index contributed by atoms with van der Waals surface area (Å²) < 4.78 is 53.8. The Kier molecular flexibility index (Phi) is 6.38. The zero-order valence-corrected chi connectivity index (χ0v) is 19.5. The molecule has 1 unspecified atom stereocenters. The highest BCUT2D eigenvalue weighted by atomic mass is 32.2. The van der Waals surface area contributed by atoms with Gasteiger partial charge in [-0.2, -0.15) is 13.2 Å². The van der Waals surface area contributed by atoms with E-state index < -0.39 is 21.8 Å². The first-order valence-electron chi connectivity index (χ1n) is 10.0. The van der Waals surface area contributed by atoms with Crippen LogP contribution in [0.5, 0.6) is 0 Å². The van der Waals surface area contributed by atoms with Crippen molar-refractivity contribution in [1.29, 1.82) is 0 Å². The van der Waals surface area contributed by atoms with Crippen LogP contribution in [-0.2, 0) is 14.5 Å². The number of hydrogen-bond acceptors (Lipinski definition) is 8. The minimum atomic E-state index is -5.18. The van der Waals surface area contributed by atoms with Crippen molar-refractivity contribution in [2.24, 2.45) is 4.36 Å². The van der Waals surface area contributed by atoms with Crippen LogP contribution in [0.1, 0.15) is 18.5 Å². The largest absolute Gasteiger partial charge is 0.474 e. The summed E-state index contributed by atoms with van der Waals surface area (Å²) in [6.07, 6.45) is -1.90. The molecular formula is C20H21F3N6O2S2. The fourth-order valence-electron chi connectivity index (χ4n) is 3.59. The topological polar surface area (TPSA) is 91.7 Å². The maximum Gasteiger partial charge on any atom is 0.474 e. The molecule has 1 fully saturated rings. The van der Waals surface area contributed by atoms with Gasteiger partial charge in [0.1, 0.15) is 0 Å². The van der Waals surface area contributed by atoms with Gasteiger partial charge in [0.2, 0.25) is 5.95 Å². The van der Waals surface area contributed by atoms with E-state index in [4.69, 9.17) is 0 Å². The molecule has 3 heterocycles. The number of carbonyl (C=O) groups is 1. The molecule has 1 aliphatic heterocycles. The summed E-state index contributed by atoms with van der Waals surface area (Å²) in [5, 5.41) is 0. The Balaban J connectivity index is 1.41. The lowest BCUT2D eigenvalue weighted by Gasteiger charge is -2.38. The van der Waals surface area contributed by atoms with Crippen LogP contribution >= 0.6 is 11.3 Å². The van der Waals surface area contributed by atoms with Crippen molar-refractivity contribution in [2.45, 2.75) is 24.0 Å². The third kappa shape index (κ3) is 5.14. The van der Waals surface area contributed by atoms with Crippen molar-refractivity contribution >= 4 is 43.1 Å². The first-order valence-corrected chi connectivity index (χ1v) is 12.8. The molecule has 33 heavy (non-hydrogen) atoms. The molecule has 0 bridgehead atoms. The van der Waals surface area contributed by atoms with E-state index in [2.05, 4.69) is 49.3 Å². The molecule has 1 aliphatic rings. The highest BCUT2D eigenvalue weighted by Crippen LogP contribution is 2.27. The summed E-state index contributed by atoms with van der Waals surface area (Å²) in [6, 6.07) is 6.53. The number of benzene rings is 1. The van der Waals surface area contributed by atoms with Crippen LogP contribution in [-0.4, -0.2) is 68.6 Å². The van der Waals surface area contributed by atoms with E-state index in [0.717, 1.165) is 42.0 Å². The summed E-state index contributed by atoms with van der Waals surface area (Å²) in [4.78, 5) is 27.9. The molecule has 0 radical (unpaired) electrons. The highest BCUT2D eigenvalue weighted by Gasteiger charge is 2.39. The third-order valence-corrected chi connectivity index (χ3v) is 7.94. The maximum absolute atomic E-state index is 12.5. The van der Waals surface area contributed by atoms with E-state index in [1.807, 2.05) is 10.4 Å². The van der Waals surface area contributed by atoms with Crippen LogP contribution in [0.25, 0.3) is 10.2 Å². The van der Waals surface area contributed by atoms with Crippen LogP contribution in [0.3, 0.4) is 0 Å². The zero-order chi connectivity index (χ0) is 23.8. The van der Waals surface area contributed by atoms with Gasteiger partial charge in [-0.3, -0.25) is 9.69 Å². The second-order valence-electron chi connectivity index (χ2n) is 7.69. The van der Waals surface area contributed by atoms with E-state index in [-0.39, 0.29) is 10.9 Å². The Hall–Kier alpha value is -2.64. The lowest BCUT2D eigenvalue weighted by Crippen LogP contribution is -2.47. The molecule has 1 aromatic carbocycles. The fraction of sp³-hybridized carbons (Fsp3) is 0.400. The Morgan fingerprint density at radius 1 is 1.15 bits per heavy atom. The quantitative estimate of drug-likeness (QED) is 0.544. The van der Waals surface area contributed by atoms with Gasteiger partial charge >= 0.3 is 12.1 Å². The number of halogens is 3. The molecule has 0 aliphatic carbocycles. The van der Waals surface area contributed by atoms with E-state index in [9.17, 15) is 22.2 Å². The number of fused-ring (bicyclic) bond motifs is 1. The lowest BCUT2D eigenvalue weighted by molar-refractivity contribution is -0.169. The molecule has 4 rings (SSSR count). The molecule has 0 saturated carbocycles. The standard InChI is InChI=1S/C20H21F3N6O2S2/c1-13(14-3-4-17-16(9-14)26-12-32-17)28-5-7-29(8-6-28)19-24-10-15(11-25-19)33(2,31)27-18(30)20(21,22)23/h3-4,9-13H,5-8H2,1-2H3/t13?,33-/m1/s1. The van der Waals surface area contributed by atoms with Crippen LogP contribution in [0.4, 0.5) is 19.1 Å². The Morgan fingerprint density at radius 2 is 1.82 bits per heavy atom. The molecule has 3 aromatic rings. The molecular weight excluding hydrogens is 477 g/mol. The van der Waals surface area contributed by atoms with Gasteiger partial charge in [0.25, 0.3) is 0 Å². The number of alkyl halides is 3. The summed E-state index contributed by atoms with van der Waals surface area (Å²) in [5.41, 5.74) is 4.02. The molecule has 13 heteroatoms. The van der Waals surface area contributed by atoms with Gasteiger partial charge in [-0.05, 0) is 24.6 Å². The first-order chi connectivity index (χ1) is 15.5. The fourth-order valence-corrected chi connectivity index (χ4v) is 5.27. The van der Waals surface area contributed by atoms with Crippen molar-refractivity contribution in [2.75, 3.05) is 37.3 Å². The van der Waals surface area contributed by atoms with Gasteiger partial charge in [-0.1, -0.05) is 6.07 Å². The summed E-state index contributed by atoms with van der Waals surface area (Å²) in [6.45, 7) is 4.99. The van der Waals surface area contributed by atoms with Crippen LogP contribution in [0.2, 0.25) is 0 Å². The maximum atomic E-state index is 12.5. The van der Waals surface area contributed by atoms with Gasteiger partial charge in [0, 0.05) is 50.9 Å². The predicted octanol–water partition coefficient (Wildman–Crippen LogP) is 3.52. The zero-order valence-electron chi connectivity index (χ0n) is 17.8. The smallest absolute Gasteiger partial charge is 0.338 e. The Bertz CT molecular complexity index is 1280. The molecule has 1 amide bonds. The second kappa shape index (κ2) is 8.95. The number of rotatable bonds is 4. The summed E-state index contributed by atoms with van der Waals surface area (Å²) >= 11 is 1.61. The molecule has 0 N–H and O–H groups in total. The van der Waals surface area contributed by atoms with Crippen LogP contribution in [0.15, 0.2) is 45.4 Å². The van der Waals surface area contributed by atoms with Crippen LogP contribution < -0.4 is 4.90 Å². The average molecular weight is 499 g/mol. The second-order valence-corrected chi connectivity index (χ2v) is 10.8. The van der Waals surface area contributed by atoms with E-state index in [0.29, 0.717) is 19.0 Å². The van der Waals surface area contributed by atoms with Crippen molar-refractivity contribution in [3.05, 3.63) is 41.7 Å². The third-order valence-electron chi connectivity index (χ3n) is 5.53. The van der Waals surface area contributed by atoms with Crippen molar-refractivity contribution in [3.8, 4) is 0 Å². The Labute approximate surface area is 192 Å². The van der Waals surface area contributed by atoms with E-state index >= 15 is 0 Å². The molecule has 2 atom stereocenters. The molecule has 1 saturated heterocycles. The van der Waals surface area contributed by atoms with Crippen molar-refractivity contribution in [3.63, 3.8) is 0 Å². The Morgan fingerprint density at radius 3 is 2.45 bits per heavy atom. The van der Waals surface area contributed by atoms with E-state index in [1.165, 1.54) is 5.56 Å². The summed E-state index contributed by atoms with van der Waals surface area (Å²) in [5.74, 6) is -2.01. The van der Waals surface area contributed by atoms with Gasteiger partial charge in [-0.15, -0.1) is 15.7 Å². The molecule has 176 valence electrons. The SMILES string of the molecule is CC(c1ccc2scnc2c1)N1CCN(c2ncc([S@@](C)(=O)=NC(=O)C(F)(F)F)cn2)CC1. The number of amides is 1. The number of piperazine rings is 1. The molecule has 2 aromatic heterocycles. The van der Waals surface area contributed by atoms with Crippen molar-refractivity contribution < 1.29 is 22.2 Å². The first kappa shape index (κ1) is 23.5. The van der Waals surface area contributed by atoms with Gasteiger partial charge in [0.15, 0.2) is 0 Å². The summed E-state index contributed by atoms with van der Waals surface area (Å²) in [7, 11) is -3.60. The highest BCUT2D eigenvalue weighted by molar-refractivity contribution is 7.93. The number of thiazole rings is 1. The minimum absolute atomic E-state index is 0.131. The molecule has 8 nitrogen and oxygen atoms in total. The predicted molar refractivity (Wildman–Crippen MR) is 120 cm³/mol. The van der Waals surface area contributed by atoms with Crippen LogP contribution in [0, 0.1) is 0 Å². The normalized spacial score (nSPS) is 18.2. The van der Waals surface area contributed by atoms with Crippen molar-refractivity contribution in [1.82, 2.24) is 19.9 Å². The van der Waals surface area contributed by atoms with E-state index in [1.54, 1.807) is 11.3 Å². The number of aromatic nitrogens is 3. The average Bonchev–Trinajstić information content (AvgIpc) is 3.26. The minimum Gasteiger partial charge on any atom is -0.338 e. The van der Waals surface area contributed by atoms with Gasteiger partial charge in [0.05, 0.1) is 30.4 Å². The number of hydrogen-bond donors (Lipinski definition) is 0. The lowest BCUT2D eigenvalue weighted by atomic mass is 10.1. The monoisotopic (exact) mass is 498 g/mol. The molecule has 0 spiro atoms. The number of anilines is 1.